The molecule has 1 aromatic rings. The molecule has 2 N–H and O–H groups in total. The summed E-state index contributed by atoms with van der Waals surface area (Å²) in [6.45, 7) is 5.64. The minimum Gasteiger partial charge on any atom is -0.489 e. The van der Waals surface area contributed by atoms with Crippen molar-refractivity contribution < 1.29 is 14.6 Å². The number of carboxylic acid groups (broad SMARTS) is 1. The van der Waals surface area contributed by atoms with Gasteiger partial charge >= 0.3 is 5.97 Å². The van der Waals surface area contributed by atoms with E-state index in [0.717, 1.165) is 12.8 Å². The van der Waals surface area contributed by atoms with Gasteiger partial charge < -0.3 is 15.2 Å². The molecule has 0 bridgehead atoms. The highest BCUT2D eigenvalue weighted by molar-refractivity contribution is 6.32. The van der Waals surface area contributed by atoms with E-state index >= 15 is 0 Å². The summed E-state index contributed by atoms with van der Waals surface area (Å²) in [6.07, 6.45) is 2.43. The number of hydrogen-bond acceptors (Lipinski definition) is 3. The summed E-state index contributed by atoms with van der Waals surface area (Å²) >= 11 is 6.17. The van der Waals surface area contributed by atoms with Gasteiger partial charge in [-0.05, 0) is 36.5 Å². The zero-order chi connectivity index (χ0) is 14.9. The Balaban J connectivity index is 2.12. The van der Waals surface area contributed by atoms with Crippen LogP contribution in [-0.2, 0) is 4.79 Å². The van der Waals surface area contributed by atoms with Crippen molar-refractivity contribution in [3.63, 3.8) is 0 Å². The van der Waals surface area contributed by atoms with Crippen molar-refractivity contribution in [2.24, 2.45) is 5.41 Å². The van der Waals surface area contributed by atoms with Crippen molar-refractivity contribution in [2.45, 2.75) is 45.8 Å². The molecule has 0 heterocycles. The number of carbonyl (C=O) groups is 1. The monoisotopic (exact) mass is 297 g/mol. The van der Waals surface area contributed by atoms with E-state index in [1.54, 1.807) is 18.2 Å². The second kappa shape index (κ2) is 5.52. The standard InChI is InChI=1S/C15H20ClNO3/c1-15(2,3)13(14(18)19)17-9-4-7-12(11(16)8-9)20-10-5-6-10/h4,7-8,10,13,17H,5-6H2,1-3H3,(H,18,19). The lowest BCUT2D eigenvalue weighted by Gasteiger charge is -2.28. The van der Waals surface area contributed by atoms with E-state index in [1.807, 2.05) is 20.8 Å². The zero-order valence-corrected chi connectivity index (χ0v) is 12.7. The quantitative estimate of drug-likeness (QED) is 0.868. The van der Waals surface area contributed by atoms with Crippen LogP contribution in [0.4, 0.5) is 5.69 Å². The van der Waals surface area contributed by atoms with Crippen LogP contribution < -0.4 is 10.1 Å². The molecule has 110 valence electrons. The first-order chi connectivity index (χ1) is 9.27. The minimum atomic E-state index is -0.882. The fraction of sp³-hybridized carbons (Fsp3) is 0.533. The van der Waals surface area contributed by atoms with Gasteiger partial charge in [-0.15, -0.1) is 0 Å². The molecule has 4 nitrogen and oxygen atoms in total. The average Bonchev–Trinajstić information content (AvgIpc) is 3.11. The van der Waals surface area contributed by atoms with Crippen molar-refractivity contribution in [3.8, 4) is 5.75 Å². The number of carboxylic acids is 1. The molecule has 0 radical (unpaired) electrons. The van der Waals surface area contributed by atoms with Crippen molar-refractivity contribution in [2.75, 3.05) is 5.32 Å². The molecule has 1 aliphatic carbocycles. The van der Waals surface area contributed by atoms with E-state index in [0.29, 0.717) is 16.5 Å². The Morgan fingerprint density at radius 1 is 1.45 bits per heavy atom. The maximum Gasteiger partial charge on any atom is 0.326 e. The molecule has 1 unspecified atom stereocenters. The Hall–Kier alpha value is -1.42. The summed E-state index contributed by atoms with van der Waals surface area (Å²) in [7, 11) is 0. The lowest BCUT2D eigenvalue weighted by atomic mass is 9.86. The molecule has 0 aromatic heterocycles. The Morgan fingerprint density at radius 3 is 2.55 bits per heavy atom. The number of halogens is 1. The van der Waals surface area contributed by atoms with Gasteiger partial charge in [0.2, 0.25) is 0 Å². The van der Waals surface area contributed by atoms with Crippen molar-refractivity contribution in [1.29, 1.82) is 0 Å². The molecule has 1 fully saturated rings. The molecule has 0 amide bonds. The van der Waals surface area contributed by atoms with E-state index in [9.17, 15) is 9.90 Å². The largest absolute Gasteiger partial charge is 0.489 e. The predicted molar refractivity (Wildman–Crippen MR) is 79.6 cm³/mol. The number of rotatable bonds is 5. The summed E-state index contributed by atoms with van der Waals surface area (Å²) in [5, 5.41) is 12.8. The van der Waals surface area contributed by atoms with Crippen LogP contribution in [0.5, 0.6) is 5.75 Å². The van der Waals surface area contributed by atoms with Gasteiger partial charge in [0.15, 0.2) is 0 Å². The number of ether oxygens (including phenoxy) is 1. The molecule has 0 aliphatic heterocycles. The molecule has 1 aliphatic rings. The fourth-order valence-electron chi connectivity index (χ4n) is 1.87. The highest BCUT2D eigenvalue weighted by atomic mass is 35.5. The molecular weight excluding hydrogens is 278 g/mol. The number of hydrogen-bond donors (Lipinski definition) is 2. The minimum absolute atomic E-state index is 0.285. The predicted octanol–water partition coefficient (Wildman–Crippen LogP) is 3.79. The lowest BCUT2D eigenvalue weighted by Crippen LogP contribution is -2.41. The number of nitrogens with one attached hydrogen (secondary N) is 1. The van der Waals surface area contributed by atoms with E-state index in [1.165, 1.54) is 0 Å². The molecule has 20 heavy (non-hydrogen) atoms. The third-order valence-corrected chi connectivity index (χ3v) is 3.47. The highest BCUT2D eigenvalue weighted by Gasteiger charge is 2.31. The van der Waals surface area contributed by atoms with Crippen LogP contribution in [0.1, 0.15) is 33.6 Å². The third-order valence-electron chi connectivity index (χ3n) is 3.17. The smallest absolute Gasteiger partial charge is 0.326 e. The van der Waals surface area contributed by atoms with Crippen LogP contribution >= 0.6 is 11.6 Å². The summed E-state index contributed by atoms with van der Waals surface area (Å²) < 4.78 is 5.65. The molecule has 0 spiro atoms. The number of aliphatic carboxylic acids is 1. The normalized spacial score (nSPS) is 16.6. The number of anilines is 1. The second-order valence-corrected chi connectivity index (χ2v) is 6.65. The van der Waals surface area contributed by atoms with E-state index in [2.05, 4.69) is 5.32 Å². The lowest BCUT2D eigenvalue weighted by molar-refractivity contribution is -0.140. The summed E-state index contributed by atoms with van der Waals surface area (Å²) in [5.74, 6) is -0.228. The van der Waals surface area contributed by atoms with Crippen LogP contribution in [0.15, 0.2) is 18.2 Å². The summed E-state index contributed by atoms with van der Waals surface area (Å²) in [6, 6.07) is 4.60. The fourth-order valence-corrected chi connectivity index (χ4v) is 2.09. The van der Waals surface area contributed by atoms with Crippen LogP contribution in [0.25, 0.3) is 0 Å². The first kappa shape index (κ1) is 15.0. The van der Waals surface area contributed by atoms with E-state index < -0.39 is 17.4 Å². The van der Waals surface area contributed by atoms with Gasteiger partial charge in [-0.1, -0.05) is 32.4 Å². The molecular formula is C15H20ClNO3. The second-order valence-electron chi connectivity index (χ2n) is 6.24. The van der Waals surface area contributed by atoms with Gasteiger partial charge in [-0.25, -0.2) is 4.79 Å². The van der Waals surface area contributed by atoms with Gasteiger partial charge in [-0.2, -0.15) is 0 Å². The third kappa shape index (κ3) is 3.79. The van der Waals surface area contributed by atoms with Crippen LogP contribution in [0.3, 0.4) is 0 Å². The molecule has 5 heteroatoms. The molecule has 1 saturated carbocycles. The molecule has 1 aromatic carbocycles. The van der Waals surface area contributed by atoms with E-state index in [-0.39, 0.29) is 6.10 Å². The van der Waals surface area contributed by atoms with Crippen LogP contribution in [0.2, 0.25) is 5.02 Å². The van der Waals surface area contributed by atoms with Crippen LogP contribution in [0, 0.1) is 5.41 Å². The van der Waals surface area contributed by atoms with Gasteiger partial charge in [0, 0.05) is 5.69 Å². The first-order valence-corrected chi connectivity index (χ1v) is 7.11. The van der Waals surface area contributed by atoms with Gasteiger partial charge in [0.1, 0.15) is 11.8 Å². The van der Waals surface area contributed by atoms with Crippen LogP contribution in [-0.4, -0.2) is 23.2 Å². The molecule has 2 rings (SSSR count). The maximum absolute atomic E-state index is 11.3. The highest BCUT2D eigenvalue weighted by Crippen LogP contribution is 2.34. The number of benzene rings is 1. The summed E-state index contributed by atoms with van der Waals surface area (Å²) in [4.78, 5) is 11.3. The Kier molecular flexibility index (Phi) is 4.14. The first-order valence-electron chi connectivity index (χ1n) is 6.73. The Labute approximate surface area is 124 Å². The van der Waals surface area contributed by atoms with Crippen molar-refractivity contribution in [1.82, 2.24) is 0 Å². The molecule has 0 saturated heterocycles. The SMILES string of the molecule is CC(C)(C)C(Nc1ccc(OC2CC2)c(Cl)c1)C(=O)O. The van der Waals surface area contributed by atoms with Gasteiger partial charge in [0.05, 0.1) is 11.1 Å². The van der Waals surface area contributed by atoms with E-state index in [4.69, 9.17) is 16.3 Å². The van der Waals surface area contributed by atoms with Gasteiger partial charge in [-0.3, -0.25) is 0 Å². The molecule has 1 atom stereocenters. The van der Waals surface area contributed by atoms with Gasteiger partial charge in [0.25, 0.3) is 0 Å². The average molecular weight is 298 g/mol. The topological polar surface area (TPSA) is 58.6 Å². The Morgan fingerprint density at radius 2 is 2.10 bits per heavy atom. The van der Waals surface area contributed by atoms with Crippen molar-refractivity contribution >= 4 is 23.3 Å². The van der Waals surface area contributed by atoms with Crippen molar-refractivity contribution in [3.05, 3.63) is 23.2 Å². The Bertz CT molecular complexity index is 506. The summed E-state index contributed by atoms with van der Waals surface area (Å²) in [5.41, 5.74) is 0.280. The maximum atomic E-state index is 11.3. The zero-order valence-electron chi connectivity index (χ0n) is 11.9.